The van der Waals surface area contributed by atoms with E-state index in [1.165, 1.54) is 13.1 Å². The summed E-state index contributed by atoms with van der Waals surface area (Å²) in [5, 5.41) is 0.456. The number of anilines is 2. The van der Waals surface area contributed by atoms with Crippen LogP contribution >= 0.6 is 11.6 Å². The van der Waals surface area contributed by atoms with Gasteiger partial charge in [-0.2, -0.15) is 0 Å². The fourth-order valence-corrected chi connectivity index (χ4v) is 2.14. The Morgan fingerprint density at radius 3 is 2.60 bits per heavy atom. The summed E-state index contributed by atoms with van der Waals surface area (Å²) >= 11 is 5.78. The van der Waals surface area contributed by atoms with E-state index in [4.69, 9.17) is 17.3 Å². The van der Waals surface area contributed by atoms with Crippen LogP contribution in [-0.2, 0) is 10.0 Å². The molecule has 0 spiro atoms. The zero-order valence-electron chi connectivity index (χ0n) is 8.57. The molecular formula is C9H13ClN2O2S. The molecule has 0 aliphatic carbocycles. The molecule has 84 valence electrons. The van der Waals surface area contributed by atoms with Crippen molar-refractivity contribution in [3.8, 4) is 0 Å². The molecule has 0 atom stereocenters. The highest BCUT2D eigenvalue weighted by Gasteiger charge is 2.17. The summed E-state index contributed by atoms with van der Waals surface area (Å²) in [6.07, 6.45) is 0. The number of hydrogen-bond donors (Lipinski definition) is 1. The SMILES string of the molecule is CCS(=O)(=O)N(C)c1cc(Cl)ccc1N. The van der Waals surface area contributed by atoms with Crippen LogP contribution in [0.3, 0.4) is 0 Å². The number of nitrogens with two attached hydrogens (primary N) is 1. The zero-order chi connectivity index (χ0) is 11.6. The maximum Gasteiger partial charge on any atom is 0.234 e. The van der Waals surface area contributed by atoms with E-state index in [-0.39, 0.29) is 5.75 Å². The lowest BCUT2D eigenvalue weighted by Gasteiger charge is -2.20. The Labute approximate surface area is 94.7 Å². The van der Waals surface area contributed by atoms with Gasteiger partial charge in [0.2, 0.25) is 10.0 Å². The first-order chi connectivity index (χ1) is 6.88. The first-order valence-corrected chi connectivity index (χ1v) is 6.39. The van der Waals surface area contributed by atoms with Crippen LogP contribution in [0.2, 0.25) is 5.02 Å². The molecule has 0 aliphatic rings. The van der Waals surface area contributed by atoms with Crippen LogP contribution in [0.1, 0.15) is 6.92 Å². The predicted octanol–water partition coefficient (Wildman–Crippen LogP) is 1.71. The summed E-state index contributed by atoms with van der Waals surface area (Å²) in [5.41, 5.74) is 6.47. The minimum atomic E-state index is -3.30. The van der Waals surface area contributed by atoms with Gasteiger partial charge in [0, 0.05) is 12.1 Å². The Bertz CT molecular complexity index is 459. The van der Waals surface area contributed by atoms with Crippen molar-refractivity contribution in [3.05, 3.63) is 23.2 Å². The average molecular weight is 249 g/mol. The topological polar surface area (TPSA) is 63.4 Å². The molecule has 1 aromatic rings. The Morgan fingerprint density at radius 1 is 1.47 bits per heavy atom. The van der Waals surface area contributed by atoms with Crippen molar-refractivity contribution >= 4 is 33.0 Å². The molecule has 0 saturated carbocycles. The van der Waals surface area contributed by atoms with Crippen LogP contribution in [0.25, 0.3) is 0 Å². The Hall–Kier alpha value is -0.940. The van der Waals surface area contributed by atoms with Crippen LogP contribution in [-0.4, -0.2) is 21.2 Å². The molecule has 0 saturated heterocycles. The van der Waals surface area contributed by atoms with Crippen LogP contribution in [0, 0.1) is 0 Å². The molecule has 15 heavy (non-hydrogen) atoms. The first kappa shape index (κ1) is 12.1. The fraction of sp³-hybridized carbons (Fsp3) is 0.333. The van der Waals surface area contributed by atoms with Crippen molar-refractivity contribution in [2.24, 2.45) is 0 Å². The van der Waals surface area contributed by atoms with Gasteiger partial charge in [0.05, 0.1) is 17.1 Å². The Balaban J connectivity index is 3.22. The minimum absolute atomic E-state index is 0.0233. The second-order valence-electron chi connectivity index (χ2n) is 3.07. The Kier molecular flexibility index (Phi) is 3.46. The highest BCUT2D eigenvalue weighted by molar-refractivity contribution is 7.92. The standard InChI is InChI=1S/C9H13ClN2O2S/c1-3-15(13,14)12(2)9-6-7(10)4-5-8(9)11/h4-6H,3,11H2,1-2H3. The lowest BCUT2D eigenvalue weighted by Crippen LogP contribution is -2.28. The quantitative estimate of drug-likeness (QED) is 0.829. The number of halogens is 1. The van der Waals surface area contributed by atoms with Gasteiger partial charge in [0.15, 0.2) is 0 Å². The summed E-state index contributed by atoms with van der Waals surface area (Å²) in [7, 11) is -1.84. The van der Waals surface area contributed by atoms with Crippen LogP contribution in [0.15, 0.2) is 18.2 Å². The molecule has 0 heterocycles. The molecule has 0 aromatic heterocycles. The average Bonchev–Trinajstić information content (AvgIpc) is 2.20. The molecular weight excluding hydrogens is 236 g/mol. The number of benzene rings is 1. The molecule has 0 fully saturated rings. The second kappa shape index (κ2) is 4.28. The summed E-state index contributed by atoms with van der Waals surface area (Å²) in [4.78, 5) is 0. The first-order valence-electron chi connectivity index (χ1n) is 4.40. The molecule has 0 bridgehead atoms. The molecule has 2 N–H and O–H groups in total. The summed E-state index contributed by atoms with van der Waals surface area (Å²) < 4.78 is 24.3. The van der Waals surface area contributed by atoms with E-state index in [2.05, 4.69) is 0 Å². The van der Waals surface area contributed by atoms with Crippen LogP contribution in [0.5, 0.6) is 0 Å². The van der Waals surface area contributed by atoms with Crippen molar-refractivity contribution in [3.63, 3.8) is 0 Å². The van der Waals surface area contributed by atoms with E-state index in [0.29, 0.717) is 16.4 Å². The van der Waals surface area contributed by atoms with Crippen molar-refractivity contribution in [2.45, 2.75) is 6.92 Å². The van der Waals surface area contributed by atoms with Crippen LogP contribution in [0.4, 0.5) is 11.4 Å². The summed E-state index contributed by atoms with van der Waals surface area (Å²) in [5.74, 6) is 0.0233. The monoisotopic (exact) mass is 248 g/mol. The molecule has 0 amide bonds. The normalized spacial score (nSPS) is 11.4. The van der Waals surface area contributed by atoms with Crippen molar-refractivity contribution in [1.29, 1.82) is 0 Å². The van der Waals surface area contributed by atoms with Gasteiger partial charge < -0.3 is 5.73 Å². The third-order valence-electron chi connectivity index (χ3n) is 2.11. The minimum Gasteiger partial charge on any atom is -0.397 e. The molecule has 0 radical (unpaired) electrons. The highest BCUT2D eigenvalue weighted by atomic mass is 35.5. The smallest absolute Gasteiger partial charge is 0.234 e. The molecule has 4 nitrogen and oxygen atoms in total. The third kappa shape index (κ3) is 2.54. The molecule has 0 unspecified atom stereocenters. The fourth-order valence-electron chi connectivity index (χ4n) is 1.13. The van der Waals surface area contributed by atoms with Gasteiger partial charge in [-0.25, -0.2) is 8.42 Å². The van der Waals surface area contributed by atoms with Gasteiger partial charge in [-0.1, -0.05) is 11.6 Å². The number of nitrogens with zero attached hydrogens (tertiary/aromatic N) is 1. The second-order valence-corrected chi connectivity index (χ2v) is 5.80. The number of nitrogen functional groups attached to an aromatic ring is 1. The van der Waals surface area contributed by atoms with Gasteiger partial charge in [-0.3, -0.25) is 4.31 Å². The van der Waals surface area contributed by atoms with Gasteiger partial charge in [-0.15, -0.1) is 0 Å². The van der Waals surface area contributed by atoms with E-state index < -0.39 is 10.0 Å². The van der Waals surface area contributed by atoms with E-state index in [9.17, 15) is 8.42 Å². The number of hydrogen-bond acceptors (Lipinski definition) is 3. The maximum atomic E-state index is 11.6. The van der Waals surface area contributed by atoms with Crippen LogP contribution < -0.4 is 10.0 Å². The Morgan fingerprint density at radius 2 is 2.07 bits per heavy atom. The van der Waals surface area contributed by atoms with Gasteiger partial charge in [-0.05, 0) is 25.1 Å². The largest absolute Gasteiger partial charge is 0.397 e. The van der Waals surface area contributed by atoms with Gasteiger partial charge >= 0.3 is 0 Å². The van der Waals surface area contributed by atoms with E-state index in [0.717, 1.165) is 4.31 Å². The molecule has 1 rings (SSSR count). The maximum absolute atomic E-state index is 11.6. The van der Waals surface area contributed by atoms with E-state index >= 15 is 0 Å². The summed E-state index contributed by atoms with van der Waals surface area (Å²) in [6.45, 7) is 1.58. The lowest BCUT2D eigenvalue weighted by molar-refractivity contribution is 0.595. The van der Waals surface area contributed by atoms with Crippen molar-refractivity contribution < 1.29 is 8.42 Å². The summed E-state index contributed by atoms with van der Waals surface area (Å²) in [6, 6.07) is 4.73. The number of rotatable bonds is 3. The van der Waals surface area contributed by atoms with Gasteiger partial charge in [0.1, 0.15) is 0 Å². The highest BCUT2D eigenvalue weighted by Crippen LogP contribution is 2.27. The zero-order valence-corrected chi connectivity index (χ0v) is 10.1. The third-order valence-corrected chi connectivity index (χ3v) is 4.11. The lowest BCUT2D eigenvalue weighted by atomic mass is 10.3. The molecule has 1 aromatic carbocycles. The van der Waals surface area contributed by atoms with E-state index in [1.807, 2.05) is 0 Å². The van der Waals surface area contributed by atoms with Gasteiger partial charge in [0.25, 0.3) is 0 Å². The number of sulfonamides is 1. The molecule has 0 aliphatic heterocycles. The van der Waals surface area contributed by atoms with Crippen molar-refractivity contribution in [1.82, 2.24) is 0 Å². The predicted molar refractivity (Wildman–Crippen MR) is 63.7 cm³/mol. The molecule has 6 heteroatoms. The van der Waals surface area contributed by atoms with Crippen molar-refractivity contribution in [2.75, 3.05) is 22.8 Å². The van der Waals surface area contributed by atoms with E-state index in [1.54, 1.807) is 19.1 Å².